The van der Waals surface area contributed by atoms with Crippen molar-refractivity contribution in [2.45, 2.75) is 26.8 Å². The number of rotatable bonds is 5. The number of ether oxygens (including phenoxy) is 1. The molecule has 0 radical (unpaired) electrons. The molecule has 0 saturated carbocycles. The first-order chi connectivity index (χ1) is 17.8. The summed E-state index contributed by atoms with van der Waals surface area (Å²) in [6, 6.07) is 14.1. The summed E-state index contributed by atoms with van der Waals surface area (Å²) in [7, 11) is 3.27. The molecule has 1 aromatic heterocycles. The van der Waals surface area contributed by atoms with Crippen LogP contribution in [0.3, 0.4) is 0 Å². The lowest BCUT2D eigenvalue weighted by atomic mass is 9.94. The molecular weight excluding hydrogens is 488 g/mol. The topological polar surface area (TPSA) is 84.2 Å². The lowest BCUT2D eigenvalue weighted by Crippen LogP contribution is -2.43. The van der Waals surface area contributed by atoms with Crippen molar-refractivity contribution in [2.24, 2.45) is 4.99 Å². The Hall–Kier alpha value is -3.98. The van der Waals surface area contributed by atoms with E-state index in [4.69, 9.17) is 9.73 Å². The zero-order chi connectivity index (χ0) is 26.4. The van der Waals surface area contributed by atoms with Crippen molar-refractivity contribution in [1.29, 1.82) is 0 Å². The Labute approximate surface area is 218 Å². The summed E-state index contributed by atoms with van der Waals surface area (Å²) in [4.78, 5) is 49.7. The third kappa shape index (κ3) is 3.72. The van der Waals surface area contributed by atoms with Crippen molar-refractivity contribution in [2.75, 3.05) is 32.1 Å². The summed E-state index contributed by atoms with van der Waals surface area (Å²) in [5.74, 6) is 0.143. The number of amides is 2. The van der Waals surface area contributed by atoms with E-state index >= 15 is 0 Å². The van der Waals surface area contributed by atoms with Crippen LogP contribution in [0.4, 0.5) is 5.69 Å². The van der Waals surface area contributed by atoms with Crippen LogP contribution in [0.5, 0.6) is 5.75 Å². The highest BCUT2D eigenvalue weighted by molar-refractivity contribution is 7.07. The van der Waals surface area contributed by atoms with E-state index in [1.165, 1.54) is 11.3 Å². The molecule has 37 heavy (non-hydrogen) atoms. The number of hydrogen-bond acceptors (Lipinski definition) is 6. The smallest absolute Gasteiger partial charge is 0.271 e. The van der Waals surface area contributed by atoms with Gasteiger partial charge in [0, 0.05) is 31.3 Å². The van der Waals surface area contributed by atoms with E-state index in [1.54, 1.807) is 35.4 Å². The van der Waals surface area contributed by atoms with E-state index in [0.29, 0.717) is 56.1 Å². The van der Waals surface area contributed by atoms with Crippen LogP contribution in [-0.2, 0) is 9.59 Å². The fourth-order valence-corrected chi connectivity index (χ4v) is 6.24. The number of anilines is 1. The Morgan fingerprint density at radius 3 is 2.46 bits per heavy atom. The van der Waals surface area contributed by atoms with E-state index in [1.807, 2.05) is 62.4 Å². The van der Waals surface area contributed by atoms with Gasteiger partial charge in [0.1, 0.15) is 16.3 Å². The average Bonchev–Trinajstić information content (AvgIpc) is 3.36. The van der Waals surface area contributed by atoms with E-state index in [2.05, 4.69) is 0 Å². The standard InChI is InChI=1S/C28H28N4O4S/c1-6-31(7-2)26(34)21-16(3)29-28-32(23(21)18-13-9-11-15-20(18)36-5)27(35)24(37-28)22-17-12-8-10-14-19(17)30(4)25(22)33/h8-15,23H,6-7H2,1-5H3/b24-22+/t23-/m0/s1. The molecule has 0 fully saturated rings. The molecule has 9 heteroatoms. The lowest BCUT2D eigenvalue weighted by Gasteiger charge is -2.29. The van der Waals surface area contributed by atoms with Gasteiger partial charge in [-0.05, 0) is 32.9 Å². The van der Waals surface area contributed by atoms with Crippen molar-refractivity contribution in [3.8, 4) is 5.75 Å². The van der Waals surface area contributed by atoms with Gasteiger partial charge in [-0.3, -0.25) is 19.0 Å². The minimum absolute atomic E-state index is 0.179. The molecule has 2 aliphatic rings. The SMILES string of the molecule is CCN(CC)C(=O)C1=C(C)N=c2s/c(=C3/C(=O)N(C)c4ccccc43)c(=O)n2[C@H]1c1ccccc1OC. The van der Waals surface area contributed by atoms with E-state index in [0.717, 1.165) is 5.69 Å². The molecule has 5 rings (SSSR count). The number of carbonyl (C=O) groups excluding carboxylic acids is 2. The maximum Gasteiger partial charge on any atom is 0.271 e. The van der Waals surface area contributed by atoms with Crippen LogP contribution in [-0.4, -0.2) is 48.5 Å². The Balaban J connectivity index is 1.85. The van der Waals surface area contributed by atoms with Gasteiger partial charge in [0.15, 0.2) is 4.80 Å². The van der Waals surface area contributed by atoms with Crippen molar-refractivity contribution in [3.05, 3.63) is 90.6 Å². The average molecular weight is 517 g/mol. The monoisotopic (exact) mass is 516 g/mol. The highest BCUT2D eigenvalue weighted by Gasteiger charge is 2.37. The minimum atomic E-state index is -0.751. The molecule has 8 nitrogen and oxygen atoms in total. The maximum atomic E-state index is 14.2. The number of thiazole rings is 1. The highest BCUT2D eigenvalue weighted by atomic mass is 32.1. The summed E-state index contributed by atoms with van der Waals surface area (Å²) in [6.07, 6.45) is 0. The van der Waals surface area contributed by atoms with Crippen LogP contribution < -0.4 is 24.5 Å². The van der Waals surface area contributed by atoms with Gasteiger partial charge in [-0.15, -0.1) is 0 Å². The minimum Gasteiger partial charge on any atom is -0.496 e. The van der Waals surface area contributed by atoms with Gasteiger partial charge < -0.3 is 14.5 Å². The third-order valence-corrected chi connectivity index (χ3v) is 8.05. The van der Waals surface area contributed by atoms with Crippen molar-refractivity contribution < 1.29 is 14.3 Å². The summed E-state index contributed by atoms with van der Waals surface area (Å²) in [6.45, 7) is 6.69. The molecule has 3 heterocycles. The number of likely N-dealkylation sites (N-methyl/N-ethyl adjacent to an activating group) is 2. The van der Waals surface area contributed by atoms with Gasteiger partial charge in [-0.2, -0.15) is 0 Å². The van der Waals surface area contributed by atoms with Crippen molar-refractivity contribution >= 4 is 34.4 Å². The fourth-order valence-electron chi connectivity index (χ4n) is 5.10. The highest BCUT2D eigenvalue weighted by Crippen LogP contribution is 2.37. The van der Waals surface area contributed by atoms with Gasteiger partial charge in [-0.25, -0.2) is 4.99 Å². The van der Waals surface area contributed by atoms with E-state index in [9.17, 15) is 14.4 Å². The lowest BCUT2D eigenvalue weighted by molar-refractivity contribution is -0.127. The Kier molecular flexibility index (Phi) is 6.33. The largest absolute Gasteiger partial charge is 0.496 e. The molecule has 2 amide bonds. The second-order valence-electron chi connectivity index (χ2n) is 8.88. The molecule has 0 N–H and O–H groups in total. The van der Waals surface area contributed by atoms with Gasteiger partial charge in [0.25, 0.3) is 17.4 Å². The quantitative estimate of drug-likeness (QED) is 0.522. The zero-order valence-corrected chi connectivity index (χ0v) is 22.3. The van der Waals surface area contributed by atoms with Gasteiger partial charge in [0.2, 0.25) is 0 Å². The van der Waals surface area contributed by atoms with E-state index in [-0.39, 0.29) is 17.4 Å². The first kappa shape index (κ1) is 24.7. The Morgan fingerprint density at radius 1 is 1.08 bits per heavy atom. The van der Waals surface area contributed by atoms with Crippen molar-refractivity contribution in [3.63, 3.8) is 0 Å². The number of aromatic nitrogens is 1. The number of allylic oxidation sites excluding steroid dienone is 1. The number of nitrogens with zero attached hydrogens (tertiary/aromatic N) is 4. The Bertz CT molecular complexity index is 1640. The molecule has 2 aromatic carbocycles. The molecule has 3 aromatic rings. The fraction of sp³-hybridized carbons (Fsp3) is 0.286. The first-order valence-electron chi connectivity index (χ1n) is 12.2. The number of benzene rings is 2. The number of fused-ring (bicyclic) bond motifs is 2. The van der Waals surface area contributed by atoms with Crippen LogP contribution >= 0.6 is 11.3 Å². The van der Waals surface area contributed by atoms with E-state index < -0.39 is 6.04 Å². The normalized spacial score (nSPS) is 17.9. The molecule has 2 aliphatic heterocycles. The number of para-hydroxylation sites is 2. The maximum absolute atomic E-state index is 14.2. The molecule has 1 atom stereocenters. The predicted molar refractivity (Wildman–Crippen MR) is 143 cm³/mol. The summed E-state index contributed by atoms with van der Waals surface area (Å²) in [5, 5.41) is 0. The molecular formula is C28H28N4O4S. The summed E-state index contributed by atoms with van der Waals surface area (Å²) < 4.78 is 7.51. The molecule has 0 saturated heterocycles. The van der Waals surface area contributed by atoms with Crippen LogP contribution in [0.2, 0.25) is 0 Å². The molecule has 0 spiro atoms. The molecule has 0 aliphatic carbocycles. The van der Waals surface area contributed by atoms with Gasteiger partial charge in [-0.1, -0.05) is 47.7 Å². The third-order valence-electron chi connectivity index (χ3n) is 6.99. The Morgan fingerprint density at radius 2 is 1.76 bits per heavy atom. The second kappa shape index (κ2) is 9.48. The molecule has 190 valence electrons. The van der Waals surface area contributed by atoms with Crippen LogP contribution in [0.25, 0.3) is 5.57 Å². The van der Waals surface area contributed by atoms with Crippen LogP contribution in [0.15, 0.2) is 69.6 Å². The first-order valence-corrected chi connectivity index (χ1v) is 13.0. The van der Waals surface area contributed by atoms with Gasteiger partial charge >= 0.3 is 0 Å². The van der Waals surface area contributed by atoms with Crippen molar-refractivity contribution in [1.82, 2.24) is 9.47 Å². The van der Waals surface area contributed by atoms with Gasteiger partial charge in [0.05, 0.1) is 29.6 Å². The number of hydrogen-bond donors (Lipinski definition) is 0. The molecule has 0 bridgehead atoms. The van der Waals surface area contributed by atoms with Crippen LogP contribution in [0, 0.1) is 0 Å². The molecule has 0 unspecified atom stereocenters. The zero-order valence-electron chi connectivity index (χ0n) is 21.4. The number of methoxy groups -OCH3 is 1. The second-order valence-corrected chi connectivity index (χ2v) is 9.86. The summed E-state index contributed by atoms with van der Waals surface area (Å²) in [5.41, 5.74) is 3.12. The summed E-state index contributed by atoms with van der Waals surface area (Å²) >= 11 is 1.18. The predicted octanol–water partition coefficient (Wildman–Crippen LogP) is 2.46. The number of carbonyl (C=O) groups is 2. The van der Waals surface area contributed by atoms with Crippen LogP contribution in [0.1, 0.15) is 37.9 Å².